The monoisotopic (exact) mass is 570 g/mol. The topological polar surface area (TPSA) is 85.8 Å². The van der Waals surface area contributed by atoms with Crippen LogP contribution in [0.15, 0.2) is 54.7 Å². The molecule has 1 fully saturated rings. The number of amides is 1. The lowest BCUT2D eigenvalue weighted by atomic mass is 9.85. The lowest BCUT2D eigenvalue weighted by Gasteiger charge is -2.34. The van der Waals surface area contributed by atoms with Crippen molar-refractivity contribution >= 4 is 28.6 Å². The first kappa shape index (κ1) is 27.8. The van der Waals surface area contributed by atoms with Gasteiger partial charge in [-0.15, -0.1) is 0 Å². The van der Waals surface area contributed by atoms with Crippen molar-refractivity contribution in [2.24, 2.45) is 0 Å². The van der Waals surface area contributed by atoms with Crippen LogP contribution in [0, 0.1) is 5.82 Å². The number of hydrogen-bond acceptors (Lipinski definition) is 7. The number of nitrogens with one attached hydrogen (secondary N) is 1. The van der Waals surface area contributed by atoms with Crippen molar-refractivity contribution in [3.8, 4) is 22.6 Å². The molecule has 8 nitrogen and oxygen atoms in total. The highest BCUT2D eigenvalue weighted by atomic mass is 19.1. The van der Waals surface area contributed by atoms with Crippen molar-refractivity contribution < 1.29 is 23.4 Å². The molecule has 6 rings (SSSR count). The third kappa shape index (κ3) is 5.55. The van der Waals surface area contributed by atoms with Gasteiger partial charge in [0, 0.05) is 47.8 Å². The van der Waals surface area contributed by atoms with Crippen molar-refractivity contribution in [2.45, 2.75) is 51.6 Å². The number of para-hydroxylation sites is 1. The summed E-state index contributed by atoms with van der Waals surface area (Å²) in [5, 5.41) is 3.94. The number of piperidine rings is 1. The molecule has 0 bridgehead atoms. The fourth-order valence-electron chi connectivity index (χ4n) is 5.86. The Morgan fingerprint density at radius 2 is 1.88 bits per heavy atom. The van der Waals surface area contributed by atoms with E-state index in [0.29, 0.717) is 53.8 Å². The average Bonchev–Trinajstić information content (AvgIpc) is 3.47. The first-order chi connectivity index (χ1) is 20.2. The third-order valence-corrected chi connectivity index (χ3v) is 7.77. The van der Waals surface area contributed by atoms with E-state index in [-0.39, 0.29) is 11.9 Å². The molecular weight excluding hydrogens is 535 g/mol. The summed E-state index contributed by atoms with van der Waals surface area (Å²) in [7, 11) is 1.59. The van der Waals surface area contributed by atoms with Crippen LogP contribution in [0.2, 0.25) is 0 Å². The van der Waals surface area contributed by atoms with Gasteiger partial charge in [-0.3, -0.25) is 0 Å². The van der Waals surface area contributed by atoms with E-state index in [2.05, 4.69) is 16.4 Å². The number of aromatic nitrogens is 2. The van der Waals surface area contributed by atoms with E-state index >= 15 is 0 Å². The zero-order chi connectivity index (χ0) is 29.4. The number of methoxy groups -OCH3 is 1. The van der Waals surface area contributed by atoms with Gasteiger partial charge in [-0.2, -0.15) is 0 Å². The van der Waals surface area contributed by atoms with Gasteiger partial charge in [-0.1, -0.05) is 24.3 Å². The number of rotatable bonds is 5. The molecular formula is C33H35FN4O4. The number of benzene rings is 3. The summed E-state index contributed by atoms with van der Waals surface area (Å²) in [5.74, 6) is 1.81. The molecule has 3 aromatic carbocycles. The second-order valence-corrected chi connectivity index (χ2v) is 11.8. The Hall–Kier alpha value is -4.40. The summed E-state index contributed by atoms with van der Waals surface area (Å²) in [6, 6.07) is 14.6. The zero-order valence-electron chi connectivity index (χ0n) is 24.4. The quantitative estimate of drug-likeness (QED) is 0.271. The van der Waals surface area contributed by atoms with Gasteiger partial charge in [0.25, 0.3) is 0 Å². The molecule has 42 heavy (non-hydrogen) atoms. The predicted molar refractivity (Wildman–Crippen MR) is 160 cm³/mol. The van der Waals surface area contributed by atoms with E-state index in [1.165, 1.54) is 23.3 Å². The van der Waals surface area contributed by atoms with E-state index < -0.39 is 5.60 Å². The molecule has 0 atom stereocenters. The van der Waals surface area contributed by atoms with E-state index in [1.54, 1.807) is 18.2 Å². The molecule has 1 aromatic heterocycles. The van der Waals surface area contributed by atoms with Crippen molar-refractivity contribution in [3.63, 3.8) is 0 Å². The fraction of sp³-hybridized carbons (Fsp3) is 0.364. The van der Waals surface area contributed by atoms with Gasteiger partial charge in [0.05, 0.1) is 24.9 Å². The summed E-state index contributed by atoms with van der Waals surface area (Å²) in [6.07, 6.45) is 3.94. The fourth-order valence-corrected chi connectivity index (χ4v) is 5.86. The summed E-state index contributed by atoms with van der Waals surface area (Å²) in [6.45, 7) is 7.59. The van der Waals surface area contributed by atoms with Crippen LogP contribution in [0.1, 0.15) is 50.7 Å². The van der Waals surface area contributed by atoms with Crippen LogP contribution in [-0.2, 0) is 11.2 Å². The molecule has 1 N–H and O–H groups in total. The second-order valence-electron chi connectivity index (χ2n) is 11.8. The third-order valence-electron chi connectivity index (χ3n) is 7.77. The molecule has 2 aliphatic rings. The van der Waals surface area contributed by atoms with Gasteiger partial charge >= 0.3 is 6.09 Å². The number of fused-ring (bicyclic) bond motifs is 2. The van der Waals surface area contributed by atoms with E-state index in [4.69, 9.17) is 19.2 Å². The first-order valence-corrected chi connectivity index (χ1v) is 14.3. The number of hydrogen-bond donors (Lipinski definition) is 1. The Balaban J connectivity index is 1.26. The highest BCUT2D eigenvalue weighted by Gasteiger charge is 2.31. The van der Waals surface area contributed by atoms with Crippen molar-refractivity contribution in [1.82, 2.24) is 14.9 Å². The van der Waals surface area contributed by atoms with Crippen LogP contribution < -0.4 is 14.8 Å². The van der Waals surface area contributed by atoms with Gasteiger partial charge in [0.1, 0.15) is 22.9 Å². The minimum atomic E-state index is -0.504. The summed E-state index contributed by atoms with van der Waals surface area (Å²) in [4.78, 5) is 23.6. The number of anilines is 2. The molecule has 0 spiro atoms. The standard InChI is InChI=1S/C33H35FN4O4/c1-33(2,3)42-32(39)38-14-11-20(12-15-38)23-9-10-27(30-25(23)13-16-41-30)36-31-35-19-21-17-22(34)18-26(29(21)37-31)24-7-5-6-8-28(24)40-4/h5-10,17-20H,11-16H2,1-4H3,(H,35,36,37). The molecule has 0 radical (unpaired) electrons. The Labute approximate surface area is 244 Å². The Bertz CT molecular complexity index is 1640. The Morgan fingerprint density at radius 3 is 2.64 bits per heavy atom. The van der Waals surface area contributed by atoms with Gasteiger partial charge in [-0.05, 0) is 69.4 Å². The van der Waals surface area contributed by atoms with Crippen molar-refractivity contribution in [2.75, 3.05) is 32.1 Å². The number of carbonyl (C=O) groups excluding carboxylic acids is 1. The van der Waals surface area contributed by atoms with Gasteiger partial charge in [0.2, 0.25) is 5.95 Å². The van der Waals surface area contributed by atoms with Gasteiger partial charge in [0.15, 0.2) is 0 Å². The molecule has 3 heterocycles. The highest BCUT2D eigenvalue weighted by molar-refractivity contribution is 5.95. The van der Waals surface area contributed by atoms with Crippen LogP contribution in [0.5, 0.6) is 11.5 Å². The van der Waals surface area contributed by atoms with Crippen LogP contribution >= 0.6 is 0 Å². The van der Waals surface area contributed by atoms with E-state index in [1.807, 2.05) is 51.1 Å². The molecule has 1 saturated heterocycles. The zero-order valence-corrected chi connectivity index (χ0v) is 24.4. The lowest BCUT2D eigenvalue weighted by Crippen LogP contribution is -2.41. The second kappa shape index (κ2) is 11.1. The minimum Gasteiger partial charge on any atom is -0.496 e. The Kier molecular flexibility index (Phi) is 7.35. The predicted octanol–water partition coefficient (Wildman–Crippen LogP) is 7.24. The highest BCUT2D eigenvalue weighted by Crippen LogP contribution is 2.43. The van der Waals surface area contributed by atoms with Crippen LogP contribution in [0.3, 0.4) is 0 Å². The van der Waals surface area contributed by atoms with Gasteiger partial charge in [-0.25, -0.2) is 19.2 Å². The molecule has 1 amide bonds. The molecule has 2 aliphatic heterocycles. The average molecular weight is 571 g/mol. The maximum absolute atomic E-state index is 14.6. The molecule has 218 valence electrons. The minimum absolute atomic E-state index is 0.249. The summed E-state index contributed by atoms with van der Waals surface area (Å²) >= 11 is 0. The SMILES string of the molecule is COc1ccccc1-c1cc(F)cc2cnc(Nc3ccc(C4CCN(C(=O)OC(C)(C)C)CC4)c4c3OCC4)nc12. The van der Waals surface area contributed by atoms with Crippen LogP contribution in [0.4, 0.5) is 20.8 Å². The summed E-state index contributed by atoms with van der Waals surface area (Å²) < 4.78 is 31.8. The summed E-state index contributed by atoms with van der Waals surface area (Å²) in [5.41, 5.74) is 4.74. The maximum atomic E-state index is 14.6. The molecule has 4 aromatic rings. The van der Waals surface area contributed by atoms with Crippen molar-refractivity contribution in [1.29, 1.82) is 0 Å². The number of ether oxygens (including phenoxy) is 3. The van der Waals surface area contributed by atoms with E-state index in [9.17, 15) is 9.18 Å². The molecule has 9 heteroatoms. The smallest absolute Gasteiger partial charge is 0.410 e. The molecule has 0 unspecified atom stereocenters. The molecule has 0 aliphatic carbocycles. The van der Waals surface area contributed by atoms with Crippen LogP contribution in [-0.4, -0.2) is 53.4 Å². The normalized spacial score (nSPS) is 15.3. The van der Waals surface area contributed by atoms with E-state index in [0.717, 1.165) is 36.3 Å². The Morgan fingerprint density at radius 1 is 1.10 bits per heavy atom. The number of carbonyl (C=O) groups is 1. The largest absolute Gasteiger partial charge is 0.496 e. The van der Waals surface area contributed by atoms with Gasteiger partial charge < -0.3 is 24.4 Å². The number of halogens is 1. The van der Waals surface area contributed by atoms with Crippen LogP contribution in [0.25, 0.3) is 22.0 Å². The number of nitrogens with zero attached hydrogens (tertiary/aromatic N) is 3. The first-order valence-electron chi connectivity index (χ1n) is 14.3. The maximum Gasteiger partial charge on any atom is 0.410 e. The number of likely N-dealkylation sites (tertiary alicyclic amines) is 1. The van der Waals surface area contributed by atoms with Crippen molar-refractivity contribution in [3.05, 3.63) is 71.7 Å². The lowest BCUT2D eigenvalue weighted by molar-refractivity contribution is 0.0204. The molecule has 0 saturated carbocycles.